The molecule has 0 radical (unpaired) electrons. The first-order chi connectivity index (χ1) is 13.7. The number of hydrogen-bond donors (Lipinski definition) is 2. The number of hydrogen-bond acceptors (Lipinski definition) is 4. The van der Waals surface area contributed by atoms with E-state index in [4.69, 9.17) is 0 Å². The standard InChI is InChI=1S/C23H30N4O/c1-2-11-26-12-14-27(15-13-26)17-23(28)25-22-16-18-7-3-5-9-20(18)24-21-10-6-4-8-19(21)22/h3-10,22,24H,2,11-17H2,1H3,(H,25,28). The minimum Gasteiger partial charge on any atom is -0.355 e. The summed E-state index contributed by atoms with van der Waals surface area (Å²) in [5, 5.41) is 6.84. The Bertz CT molecular complexity index is 814. The summed E-state index contributed by atoms with van der Waals surface area (Å²) in [5.74, 6) is 0.114. The van der Waals surface area contributed by atoms with Crippen LogP contribution in [0.5, 0.6) is 0 Å². The SMILES string of the molecule is CCCN1CCN(CC(=O)NC2Cc3ccccc3Nc3ccccc32)CC1. The average Bonchev–Trinajstić information content (AvgIpc) is 2.86. The molecule has 0 bridgehead atoms. The van der Waals surface area contributed by atoms with Crippen molar-refractivity contribution in [3.05, 3.63) is 59.7 Å². The van der Waals surface area contributed by atoms with Crippen LogP contribution in [-0.2, 0) is 11.2 Å². The van der Waals surface area contributed by atoms with Gasteiger partial charge in [0.05, 0.1) is 12.6 Å². The lowest BCUT2D eigenvalue weighted by atomic mass is 9.99. The number of para-hydroxylation sites is 2. The quantitative estimate of drug-likeness (QED) is 0.839. The van der Waals surface area contributed by atoms with Gasteiger partial charge in [0.25, 0.3) is 0 Å². The van der Waals surface area contributed by atoms with Crippen LogP contribution in [0.3, 0.4) is 0 Å². The van der Waals surface area contributed by atoms with E-state index in [2.05, 4.69) is 57.7 Å². The molecule has 2 aromatic carbocycles. The van der Waals surface area contributed by atoms with E-state index in [1.165, 1.54) is 12.0 Å². The van der Waals surface area contributed by atoms with Gasteiger partial charge in [-0.15, -0.1) is 0 Å². The highest BCUT2D eigenvalue weighted by molar-refractivity contribution is 5.79. The van der Waals surface area contributed by atoms with E-state index < -0.39 is 0 Å². The number of fused-ring (bicyclic) bond motifs is 2. The molecule has 1 saturated heterocycles. The van der Waals surface area contributed by atoms with Gasteiger partial charge in [0.1, 0.15) is 0 Å². The smallest absolute Gasteiger partial charge is 0.234 e. The Balaban J connectivity index is 1.43. The Hall–Kier alpha value is -2.37. The lowest BCUT2D eigenvalue weighted by Gasteiger charge is -2.34. The van der Waals surface area contributed by atoms with Crippen LogP contribution in [0.15, 0.2) is 48.5 Å². The van der Waals surface area contributed by atoms with Crippen LogP contribution in [0, 0.1) is 0 Å². The number of benzene rings is 2. The van der Waals surface area contributed by atoms with Gasteiger partial charge in [0, 0.05) is 37.6 Å². The molecule has 2 aliphatic rings. The highest BCUT2D eigenvalue weighted by Crippen LogP contribution is 2.34. The second kappa shape index (κ2) is 8.76. The molecule has 5 nitrogen and oxygen atoms in total. The van der Waals surface area contributed by atoms with Crippen molar-refractivity contribution < 1.29 is 4.79 Å². The van der Waals surface area contributed by atoms with Crippen LogP contribution < -0.4 is 10.6 Å². The van der Waals surface area contributed by atoms with Crippen molar-refractivity contribution in [1.29, 1.82) is 0 Å². The molecule has 0 saturated carbocycles. The predicted octanol–water partition coefficient (Wildman–Crippen LogP) is 3.17. The van der Waals surface area contributed by atoms with Crippen molar-refractivity contribution in [2.75, 3.05) is 44.6 Å². The summed E-state index contributed by atoms with van der Waals surface area (Å²) in [4.78, 5) is 17.6. The van der Waals surface area contributed by atoms with Crippen molar-refractivity contribution in [1.82, 2.24) is 15.1 Å². The molecule has 28 heavy (non-hydrogen) atoms. The molecule has 0 spiro atoms. The van der Waals surface area contributed by atoms with Crippen molar-refractivity contribution in [2.24, 2.45) is 0 Å². The molecule has 1 atom stereocenters. The zero-order valence-electron chi connectivity index (χ0n) is 16.7. The van der Waals surface area contributed by atoms with E-state index in [0.29, 0.717) is 6.54 Å². The molecule has 2 aliphatic heterocycles. The Morgan fingerprint density at radius 1 is 1.00 bits per heavy atom. The highest BCUT2D eigenvalue weighted by Gasteiger charge is 2.24. The van der Waals surface area contributed by atoms with Crippen LogP contribution in [0.1, 0.15) is 30.5 Å². The molecule has 2 heterocycles. The molecule has 0 aliphatic carbocycles. The van der Waals surface area contributed by atoms with Gasteiger partial charge >= 0.3 is 0 Å². The summed E-state index contributed by atoms with van der Waals surface area (Å²) < 4.78 is 0. The molecule has 0 aromatic heterocycles. The highest BCUT2D eigenvalue weighted by atomic mass is 16.2. The number of nitrogens with zero attached hydrogens (tertiary/aromatic N) is 2. The largest absolute Gasteiger partial charge is 0.355 e. The van der Waals surface area contributed by atoms with Gasteiger partial charge in [-0.25, -0.2) is 0 Å². The molecule has 1 amide bonds. The van der Waals surface area contributed by atoms with Gasteiger partial charge in [-0.2, -0.15) is 0 Å². The van der Waals surface area contributed by atoms with Crippen LogP contribution in [0.25, 0.3) is 0 Å². The van der Waals surface area contributed by atoms with E-state index >= 15 is 0 Å². The van der Waals surface area contributed by atoms with Crippen LogP contribution in [0.4, 0.5) is 11.4 Å². The van der Waals surface area contributed by atoms with Gasteiger partial charge in [-0.3, -0.25) is 9.69 Å². The van der Waals surface area contributed by atoms with Gasteiger partial charge in [0.2, 0.25) is 5.91 Å². The van der Waals surface area contributed by atoms with Crippen LogP contribution in [0.2, 0.25) is 0 Å². The Labute approximate surface area is 167 Å². The minimum atomic E-state index is -0.0127. The molecule has 4 rings (SSSR count). The van der Waals surface area contributed by atoms with E-state index in [1.54, 1.807) is 0 Å². The van der Waals surface area contributed by atoms with E-state index in [1.807, 2.05) is 18.2 Å². The topological polar surface area (TPSA) is 47.6 Å². The summed E-state index contributed by atoms with van der Waals surface area (Å²) in [7, 11) is 0. The van der Waals surface area contributed by atoms with Gasteiger partial charge in [0.15, 0.2) is 0 Å². The van der Waals surface area contributed by atoms with Crippen molar-refractivity contribution in [3.8, 4) is 0 Å². The van der Waals surface area contributed by atoms with Crippen molar-refractivity contribution in [2.45, 2.75) is 25.8 Å². The molecule has 1 fully saturated rings. The molecule has 2 N–H and O–H groups in total. The Morgan fingerprint density at radius 3 is 2.46 bits per heavy atom. The van der Waals surface area contributed by atoms with Crippen LogP contribution >= 0.6 is 0 Å². The monoisotopic (exact) mass is 378 g/mol. The zero-order valence-corrected chi connectivity index (χ0v) is 16.7. The molecule has 1 unspecified atom stereocenters. The van der Waals surface area contributed by atoms with Crippen molar-refractivity contribution in [3.63, 3.8) is 0 Å². The zero-order chi connectivity index (χ0) is 19.3. The fraction of sp³-hybridized carbons (Fsp3) is 0.435. The molecule has 2 aromatic rings. The third-order valence-corrected chi connectivity index (χ3v) is 5.75. The van der Waals surface area contributed by atoms with Crippen LogP contribution in [-0.4, -0.2) is 55.0 Å². The fourth-order valence-corrected chi connectivity index (χ4v) is 4.27. The summed E-state index contributed by atoms with van der Waals surface area (Å²) in [5.41, 5.74) is 4.58. The predicted molar refractivity (Wildman–Crippen MR) is 114 cm³/mol. The lowest BCUT2D eigenvalue weighted by Crippen LogP contribution is -2.49. The Morgan fingerprint density at radius 2 is 1.68 bits per heavy atom. The molecular formula is C23H30N4O. The third-order valence-electron chi connectivity index (χ3n) is 5.75. The first kappa shape index (κ1) is 19.0. The normalized spacial score (nSPS) is 19.8. The second-order valence-electron chi connectivity index (χ2n) is 7.81. The van der Waals surface area contributed by atoms with Crippen molar-refractivity contribution >= 4 is 17.3 Å². The fourth-order valence-electron chi connectivity index (χ4n) is 4.27. The first-order valence-electron chi connectivity index (χ1n) is 10.4. The first-order valence-corrected chi connectivity index (χ1v) is 10.4. The maximum atomic E-state index is 12.8. The van der Waals surface area contributed by atoms with E-state index in [0.717, 1.165) is 56.1 Å². The number of amides is 1. The minimum absolute atomic E-state index is 0.0127. The summed E-state index contributed by atoms with van der Waals surface area (Å²) in [6, 6.07) is 16.6. The summed E-state index contributed by atoms with van der Waals surface area (Å²) in [6.07, 6.45) is 1.99. The third kappa shape index (κ3) is 4.37. The summed E-state index contributed by atoms with van der Waals surface area (Å²) in [6.45, 7) is 7.92. The number of piperazine rings is 1. The Kier molecular flexibility index (Phi) is 5.93. The molecule has 148 valence electrons. The number of carbonyl (C=O) groups excluding carboxylic acids is 1. The van der Waals surface area contributed by atoms with Gasteiger partial charge in [-0.05, 0) is 42.6 Å². The van der Waals surface area contributed by atoms with Gasteiger partial charge in [-0.1, -0.05) is 43.3 Å². The lowest BCUT2D eigenvalue weighted by molar-refractivity contribution is -0.123. The average molecular weight is 379 g/mol. The maximum Gasteiger partial charge on any atom is 0.234 e. The number of nitrogens with one attached hydrogen (secondary N) is 2. The maximum absolute atomic E-state index is 12.8. The number of rotatable bonds is 5. The second-order valence-corrected chi connectivity index (χ2v) is 7.81. The van der Waals surface area contributed by atoms with E-state index in [-0.39, 0.29) is 11.9 Å². The van der Waals surface area contributed by atoms with E-state index in [9.17, 15) is 4.79 Å². The molecule has 5 heteroatoms. The number of anilines is 2. The number of carbonyl (C=O) groups is 1. The summed E-state index contributed by atoms with van der Waals surface area (Å²) >= 11 is 0. The van der Waals surface area contributed by atoms with Gasteiger partial charge < -0.3 is 15.5 Å². The molecular weight excluding hydrogens is 348 g/mol.